The van der Waals surface area contributed by atoms with E-state index in [0.717, 1.165) is 38.6 Å². The van der Waals surface area contributed by atoms with Gasteiger partial charge in [-0.15, -0.1) is 30.6 Å². The molecule has 1 N–H and O–H groups in total. The van der Waals surface area contributed by atoms with Gasteiger partial charge in [0.2, 0.25) is 0 Å². The second kappa shape index (κ2) is 13.0. The van der Waals surface area contributed by atoms with Crippen LogP contribution >= 0.6 is 24.0 Å². The Balaban J connectivity index is 0.00000338. The number of hydrogen-bond donors (Lipinski definition) is 1. The summed E-state index contributed by atoms with van der Waals surface area (Å²) in [6, 6.07) is 10.7. The molecular formula is C21H35IN4. The zero-order valence-corrected chi connectivity index (χ0v) is 18.7. The third kappa shape index (κ3) is 7.56. The molecule has 1 aromatic rings. The predicted octanol–water partition coefficient (Wildman–Crippen LogP) is 4.38. The minimum atomic E-state index is 0. The number of hydrogen-bond acceptors (Lipinski definition) is 2. The molecule has 146 valence electrons. The van der Waals surface area contributed by atoms with E-state index in [0.29, 0.717) is 5.92 Å². The van der Waals surface area contributed by atoms with Crippen molar-refractivity contribution in [2.45, 2.75) is 32.1 Å². The first-order valence-corrected chi connectivity index (χ1v) is 9.57. The first kappa shape index (κ1) is 22.8. The summed E-state index contributed by atoms with van der Waals surface area (Å²) >= 11 is 0. The highest BCUT2D eigenvalue weighted by atomic mass is 127. The highest BCUT2D eigenvalue weighted by Crippen LogP contribution is 2.22. The number of para-hydroxylation sites is 1. The van der Waals surface area contributed by atoms with Gasteiger partial charge in [0.25, 0.3) is 0 Å². The summed E-state index contributed by atoms with van der Waals surface area (Å²) in [7, 11) is 4.01. The number of halogens is 1. The van der Waals surface area contributed by atoms with Gasteiger partial charge in [-0.1, -0.05) is 30.7 Å². The van der Waals surface area contributed by atoms with Crippen LogP contribution in [0.1, 0.15) is 32.1 Å². The number of rotatable bonds is 9. The number of benzene rings is 1. The molecule has 1 aliphatic heterocycles. The zero-order valence-electron chi connectivity index (χ0n) is 16.4. The van der Waals surface area contributed by atoms with E-state index in [1.807, 2.05) is 13.1 Å². The number of nitrogens with zero attached hydrogens (tertiary/aromatic N) is 3. The molecule has 1 unspecified atom stereocenters. The molecule has 1 fully saturated rings. The van der Waals surface area contributed by atoms with E-state index in [1.165, 1.54) is 31.4 Å². The molecule has 1 aliphatic rings. The van der Waals surface area contributed by atoms with Crippen LogP contribution in [0.3, 0.4) is 0 Å². The van der Waals surface area contributed by atoms with Crippen molar-refractivity contribution in [3.63, 3.8) is 0 Å². The molecule has 1 aromatic carbocycles. The predicted molar refractivity (Wildman–Crippen MR) is 125 cm³/mol. The third-order valence-electron chi connectivity index (χ3n) is 4.93. The van der Waals surface area contributed by atoms with E-state index >= 15 is 0 Å². The maximum atomic E-state index is 4.44. The maximum Gasteiger partial charge on any atom is 0.193 e. The Labute approximate surface area is 176 Å². The van der Waals surface area contributed by atoms with Gasteiger partial charge in [-0.25, -0.2) is 0 Å². The lowest BCUT2D eigenvalue weighted by Gasteiger charge is -2.24. The Morgan fingerprint density at radius 3 is 2.77 bits per heavy atom. The highest BCUT2D eigenvalue weighted by Gasteiger charge is 2.23. The molecule has 0 aliphatic carbocycles. The van der Waals surface area contributed by atoms with Crippen molar-refractivity contribution in [2.75, 3.05) is 45.2 Å². The number of guanidine groups is 1. The van der Waals surface area contributed by atoms with E-state index in [1.54, 1.807) is 0 Å². The molecular weight excluding hydrogens is 435 g/mol. The number of allylic oxidation sites excluding steroid dienone is 1. The number of anilines is 1. The van der Waals surface area contributed by atoms with E-state index < -0.39 is 0 Å². The minimum Gasteiger partial charge on any atom is -0.371 e. The van der Waals surface area contributed by atoms with Crippen molar-refractivity contribution in [1.29, 1.82) is 0 Å². The van der Waals surface area contributed by atoms with Crippen molar-refractivity contribution < 1.29 is 0 Å². The molecule has 0 saturated carbocycles. The van der Waals surface area contributed by atoms with Gasteiger partial charge in [0.05, 0.1) is 0 Å². The number of unbranched alkanes of at least 4 members (excludes halogenated alkanes) is 3. The van der Waals surface area contributed by atoms with Gasteiger partial charge in [-0.2, -0.15) is 0 Å². The molecule has 0 aromatic heterocycles. The molecule has 4 nitrogen and oxygen atoms in total. The Morgan fingerprint density at radius 2 is 2.08 bits per heavy atom. The molecule has 5 heteroatoms. The second-order valence-corrected chi connectivity index (χ2v) is 6.92. The van der Waals surface area contributed by atoms with E-state index in [4.69, 9.17) is 0 Å². The van der Waals surface area contributed by atoms with Crippen LogP contribution in [0.15, 0.2) is 48.0 Å². The summed E-state index contributed by atoms with van der Waals surface area (Å²) < 4.78 is 0. The van der Waals surface area contributed by atoms with Crippen molar-refractivity contribution in [3.8, 4) is 0 Å². The van der Waals surface area contributed by atoms with Gasteiger partial charge in [0.15, 0.2) is 5.96 Å². The lowest BCUT2D eigenvalue weighted by Crippen LogP contribution is -2.41. The Morgan fingerprint density at radius 1 is 1.31 bits per heavy atom. The van der Waals surface area contributed by atoms with Crippen LogP contribution in [0.5, 0.6) is 0 Å². The monoisotopic (exact) mass is 470 g/mol. The van der Waals surface area contributed by atoms with Crippen LogP contribution in [0.2, 0.25) is 0 Å². The Bertz CT molecular complexity index is 532. The summed E-state index contributed by atoms with van der Waals surface area (Å²) in [5.74, 6) is 1.69. The Kier molecular flexibility index (Phi) is 11.4. The zero-order chi connectivity index (χ0) is 17.9. The molecule has 0 bridgehead atoms. The van der Waals surface area contributed by atoms with Crippen molar-refractivity contribution >= 4 is 35.6 Å². The first-order chi connectivity index (χ1) is 12.2. The van der Waals surface area contributed by atoms with Crippen molar-refractivity contribution in [2.24, 2.45) is 10.9 Å². The fourth-order valence-electron chi connectivity index (χ4n) is 3.41. The van der Waals surface area contributed by atoms with Crippen LogP contribution in [-0.2, 0) is 0 Å². The quantitative estimate of drug-likeness (QED) is 0.191. The van der Waals surface area contributed by atoms with Crippen LogP contribution in [-0.4, -0.2) is 51.1 Å². The molecule has 1 saturated heterocycles. The van der Waals surface area contributed by atoms with Gasteiger partial charge in [0.1, 0.15) is 0 Å². The molecule has 0 spiro atoms. The van der Waals surface area contributed by atoms with Crippen LogP contribution in [0.25, 0.3) is 0 Å². The Hall–Kier alpha value is -1.24. The fourth-order valence-corrected chi connectivity index (χ4v) is 3.41. The van der Waals surface area contributed by atoms with Gasteiger partial charge in [-0.3, -0.25) is 4.99 Å². The minimum absolute atomic E-state index is 0. The average Bonchev–Trinajstić information content (AvgIpc) is 3.12. The molecule has 1 atom stereocenters. The van der Waals surface area contributed by atoms with Crippen molar-refractivity contribution in [3.05, 3.63) is 43.0 Å². The van der Waals surface area contributed by atoms with Crippen LogP contribution < -0.4 is 10.2 Å². The number of nitrogens with one attached hydrogen (secondary N) is 1. The summed E-state index contributed by atoms with van der Waals surface area (Å²) in [5.41, 5.74) is 1.34. The molecule has 1 heterocycles. The second-order valence-electron chi connectivity index (χ2n) is 6.92. The molecule has 0 radical (unpaired) electrons. The van der Waals surface area contributed by atoms with Crippen LogP contribution in [0, 0.1) is 5.92 Å². The summed E-state index contributed by atoms with van der Waals surface area (Å²) in [4.78, 5) is 9.18. The van der Waals surface area contributed by atoms with E-state index in [9.17, 15) is 0 Å². The summed E-state index contributed by atoms with van der Waals surface area (Å²) in [6.07, 6.45) is 8.06. The SMILES string of the molecule is C=CCCCCCN(C)C(=NC)NCC1CCN(c2ccccc2)C1.I. The number of aliphatic imine (C=N–C) groups is 1. The summed E-state index contributed by atoms with van der Waals surface area (Å²) in [6.45, 7) is 8.10. The average molecular weight is 470 g/mol. The first-order valence-electron chi connectivity index (χ1n) is 9.57. The van der Waals surface area contributed by atoms with Gasteiger partial charge in [0, 0.05) is 46.0 Å². The lowest BCUT2D eigenvalue weighted by atomic mass is 10.1. The van der Waals surface area contributed by atoms with Gasteiger partial charge < -0.3 is 15.1 Å². The normalized spacial score (nSPS) is 16.9. The highest BCUT2D eigenvalue weighted by molar-refractivity contribution is 14.0. The van der Waals surface area contributed by atoms with E-state index in [-0.39, 0.29) is 24.0 Å². The summed E-state index contributed by atoms with van der Waals surface area (Å²) in [5, 5.41) is 3.57. The fraction of sp³-hybridized carbons (Fsp3) is 0.571. The third-order valence-corrected chi connectivity index (χ3v) is 4.93. The largest absolute Gasteiger partial charge is 0.371 e. The molecule has 2 rings (SSSR count). The van der Waals surface area contributed by atoms with Crippen LogP contribution in [0.4, 0.5) is 5.69 Å². The van der Waals surface area contributed by atoms with Crippen molar-refractivity contribution in [1.82, 2.24) is 10.2 Å². The van der Waals surface area contributed by atoms with Gasteiger partial charge in [-0.05, 0) is 43.7 Å². The van der Waals surface area contributed by atoms with E-state index in [2.05, 4.69) is 64.1 Å². The molecule has 26 heavy (non-hydrogen) atoms. The molecule has 0 amide bonds. The topological polar surface area (TPSA) is 30.9 Å². The maximum absolute atomic E-state index is 4.44. The van der Waals surface area contributed by atoms with Gasteiger partial charge >= 0.3 is 0 Å². The smallest absolute Gasteiger partial charge is 0.193 e. The standard InChI is InChI=1S/C21H34N4.HI/c1-4-5-6-7-11-15-24(3)21(22-2)23-17-19-14-16-25(18-19)20-12-9-8-10-13-20;/h4,8-10,12-13,19H,1,5-7,11,14-18H2,2-3H3,(H,22,23);1H. The lowest BCUT2D eigenvalue weighted by molar-refractivity contribution is 0.446.